The lowest BCUT2D eigenvalue weighted by Crippen LogP contribution is -2.10. The summed E-state index contributed by atoms with van der Waals surface area (Å²) in [7, 11) is 0. The zero-order valence-electron chi connectivity index (χ0n) is 11.0. The second kappa shape index (κ2) is 10.5. The van der Waals surface area contributed by atoms with Gasteiger partial charge in [0.05, 0.1) is 6.10 Å². The van der Waals surface area contributed by atoms with E-state index in [4.69, 9.17) is 4.52 Å². The van der Waals surface area contributed by atoms with Crippen molar-refractivity contribution in [2.45, 2.75) is 77.7 Å². The van der Waals surface area contributed by atoms with E-state index < -0.39 is 6.30 Å². The van der Waals surface area contributed by atoms with Crippen LogP contribution in [0.25, 0.3) is 0 Å². The van der Waals surface area contributed by atoms with Gasteiger partial charge in [-0.3, -0.25) is 4.52 Å². The van der Waals surface area contributed by atoms with Crippen molar-refractivity contribution in [3.63, 3.8) is 0 Å². The Morgan fingerprint density at radius 2 is 1.59 bits per heavy atom. The van der Waals surface area contributed by atoms with Crippen molar-refractivity contribution in [3.05, 3.63) is 0 Å². The quantitative estimate of drug-likeness (QED) is 0.407. The van der Waals surface area contributed by atoms with E-state index in [1.807, 2.05) is 0 Å². The summed E-state index contributed by atoms with van der Waals surface area (Å²) in [6.07, 6.45) is 6.36. The first-order chi connectivity index (χ1) is 7.99. The highest BCUT2D eigenvalue weighted by molar-refractivity contribution is 9.39. The highest BCUT2D eigenvalue weighted by atomic mass is 79.9. The molecule has 0 aromatic rings. The van der Waals surface area contributed by atoms with Crippen molar-refractivity contribution < 1.29 is 14.0 Å². The van der Waals surface area contributed by atoms with Crippen LogP contribution in [0, 0.1) is 0 Å². The fraction of sp³-hybridized carbons (Fsp3) is 1.00. The predicted octanol–water partition coefficient (Wildman–Crippen LogP) is 5.42. The first-order valence-electron chi connectivity index (χ1n) is 6.70. The van der Waals surface area contributed by atoms with E-state index in [2.05, 4.69) is 29.3 Å². The molecule has 0 fully saturated rings. The van der Waals surface area contributed by atoms with Crippen LogP contribution in [-0.2, 0) is 9.09 Å². The van der Waals surface area contributed by atoms with Gasteiger partial charge in [-0.25, -0.2) is 4.57 Å². The van der Waals surface area contributed by atoms with Gasteiger partial charge in [0.1, 0.15) is 0 Å². The van der Waals surface area contributed by atoms with Crippen molar-refractivity contribution in [3.8, 4) is 0 Å². The molecule has 0 aliphatic carbocycles. The summed E-state index contributed by atoms with van der Waals surface area (Å²) < 4.78 is 16.3. The monoisotopic (exact) mass is 328 g/mol. The van der Waals surface area contributed by atoms with Crippen molar-refractivity contribution in [2.24, 2.45) is 0 Å². The predicted molar refractivity (Wildman–Crippen MR) is 76.5 cm³/mol. The molecule has 0 amide bonds. The number of halogens is 1. The van der Waals surface area contributed by atoms with Gasteiger partial charge in [0.15, 0.2) is 0 Å². The second-order valence-electron chi connectivity index (χ2n) is 4.52. The lowest BCUT2D eigenvalue weighted by molar-refractivity contribution is 0.160. The SMILES string of the molecule is CCCCCCCC(CCCC)OP(=O)(O)Br. The van der Waals surface area contributed by atoms with Gasteiger partial charge < -0.3 is 4.89 Å². The van der Waals surface area contributed by atoms with Gasteiger partial charge in [-0.05, 0) is 12.8 Å². The fourth-order valence-electron chi connectivity index (χ4n) is 1.84. The van der Waals surface area contributed by atoms with E-state index in [-0.39, 0.29) is 6.10 Å². The van der Waals surface area contributed by atoms with Crippen molar-refractivity contribution in [1.29, 1.82) is 0 Å². The van der Waals surface area contributed by atoms with Crippen molar-refractivity contribution in [1.82, 2.24) is 0 Å². The topological polar surface area (TPSA) is 46.5 Å². The van der Waals surface area contributed by atoms with Crippen molar-refractivity contribution in [2.75, 3.05) is 0 Å². The number of unbranched alkanes of at least 4 members (excludes halogenated alkanes) is 5. The van der Waals surface area contributed by atoms with E-state index in [0.717, 1.165) is 32.1 Å². The average Bonchev–Trinajstić information content (AvgIpc) is 2.23. The summed E-state index contributed by atoms with van der Waals surface area (Å²) in [6.45, 7) is 4.31. The standard InChI is InChI=1S/C12H26BrO3P/c1-3-5-7-8-9-11-12(10-6-4-2)16-17(13,14)15/h12H,3-11H2,1-2H3,(H,14,15). The van der Waals surface area contributed by atoms with E-state index in [1.165, 1.54) is 25.7 Å². The lowest BCUT2D eigenvalue weighted by atomic mass is 10.0. The minimum absolute atomic E-state index is 0.0771. The molecule has 0 radical (unpaired) electrons. The highest BCUT2D eigenvalue weighted by Gasteiger charge is 2.20. The van der Waals surface area contributed by atoms with Crippen LogP contribution in [0.4, 0.5) is 0 Å². The minimum Gasteiger partial charge on any atom is -0.316 e. The molecule has 2 atom stereocenters. The van der Waals surface area contributed by atoms with Crippen LogP contribution in [0.1, 0.15) is 71.6 Å². The summed E-state index contributed by atoms with van der Waals surface area (Å²) in [5, 5.41) is 0. The molecule has 0 aliphatic rings. The molecule has 17 heavy (non-hydrogen) atoms. The zero-order valence-corrected chi connectivity index (χ0v) is 13.5. The fourth-order valence-corrected chi connectivity index (χ4v) is 3.13. The molecule has 0 heterocycles. The maximum absolute atomic E-state index is 11.2. The first-order valence-corrected chi connectivity index (χ1v) is 10.3. The van der Waals surface area contributed by atoms with Crippen LogP contribution in [-0.4, -0.2) is 11.0 Å². The molecule has 1 N–H and O–H groups in total. The molecule has 5 heteroatoms. The molecule has 0 aromatic carbocycles. The Labute approximate surface area is 114 Å². The Morgan fingerprint density at radius 1 is 1.06 bits per heavy atom. The maximum atomic E-state index is 11.2. The van der Waals surface area contributed by atoms with Crippen LogP contribution in [0.2, 0.25) is 0 Å². The maximum Gasteiger partial charge on any atom is 0.393 e. The zero-order chi connectivity index (χ0) is 13.1. The van der Waals surface area contributed by atoms with Gasteiger partial charge in [-0.1, -0.05) is 58.8 Å². The van der Waals surface area contributed by atoms with Crippen LogP contribution in [0.5, 0.6) is 0 Å². The van der Waals surface area contributed by atoms with Gasteiger partial charge in [-0.15, -0.1) is 0 Å². The minimum atomic E-state index is -3.51. The molecular weight excluding hydrogens is 303 g/mol. The van der Waals surface area contributed by atoms with Crippen LogP contribution in [0.3, 0.4) is 0 Å². The third-order valence-corrected chi connectivity index (χ3v) is 3.85. The molecule has 0 saturated heterocycles. The molecule has 0 bridgehead atoms. The Kier molecular flexibility index (Phi) is 10.9. The highest BCUT2D eigenvalue weighted by Crippen LogP contribution is 2.52. The summed E-state index contributed by atoms with van der Waals surface area (Å²) in [5.74, 6) is 0. The van der Waals surface area contributed by atoms with Crippen LogP contribution >= 0.6 is 21.8 Å². The molecule has 104 valence electrons. The molecule has 0 rings (SSSR count). The van der Waals surface area contributed by atoms with E-state index in [1.54, 1.807) is 0 Å². The third-order valence-electron chi connectivity index (χ3n) is 2.79. The third kappa shape index (κ3) is 12.9. The molecule has 0 aliphatic heterocycles. The Morgan fingerprint density at radius 3 is 2.12 bits per heavy atom. The molecule has 3 nitrogen and oxygen atoms in total. The van der Waals surface area contributed by atoms with E-state index in [0.29, 0.717) is 0 Å². The molecule has 0 spiro atoms. The summed E-state index contributed by atoms with van der Waals surface area (Å²) in [4.78, 5) is 9.18. The Bertz CT molecular complexity index is 218. The van der Waals surface area contributed by atoms with Gasteiger partial charge in [0.25, 0.3) is 0 Å². The normalized spacial score (nSPS) is 16.7. The van der Waals surface area contributed by atoms with Gasteiger partial charge >= 0.3 is 6.30 Å². The van der Waals surface area contributed by atoms with Gasteiger partial charge in [0, 0.05) is 15.5 Å². The summed E-state index contributed by atoms with van der Waals surface area (Å²) in [5.41, 5.74) is 0. The lowest BCUT2D eigenvalue weighted by Gasteiger charge is -2.18. The Balaban J connectivity index is 3.81. The van der Waals surface area contributed by atoms with Crippen molar-refractivity contribution >= 4 is 21.8 Å². The summed E-state index contributed by atoms with van der Waals surface area (Å²) >= 11 is 2.69. The Hall–Kier alpha value is 0.630. The van der Waals surface area contributed by atoms with Crippen LogP contribution in [0.15, 0.2) is 0 Å². The largest absolute Gasteiger partial charge is 0.393 e. The molecule has 2 unspecified atom stereocenters. The van der Waals surface area contributed by atoms with E-state index >= 15 is 0 Å². The first kappa shape index (κ1) is 17.6. The summed E-state index contributed by atoms with van der Waals surface area (Å²) in [6, 6.07) is 0. The van der Waals surface area contributed by atoms with Gasteiger partial charge in [0.2, 0.25) is 0 Å². The second-order valence-corrected chi connectivity index (χ2v) is 8.33. The number of rotatable bonds is 11. The number of hydrogen-bond donors (Lipinski definition) is 1. The van der Waals surface area contributed by atoms with E-state index in [9.17, 15) is 9.46 Å². The molecule has 0 aromatic heterocycles. The molecule has 0 saturated carbocycles. The molecular formula is C12H26BrO3P. The van der Waals surface area contributed by atoms with Crippen LogP contribution < -0.4 is 0 Å². The smallest absolute Gasteiger partial charge is 0.316 e. The average molecular weight is 329 g/mol. The van der Waals surface area contributed by atoms with Gasteiger partial charge in [-0.2, -0.15) is 0 Å². The number of hydrogen-bond acceptors (Lipinski definition) is 2.